The summed E-state index contributed by atoms with van der Waals surface area (Å²) in [6.07, 6.45) is 2.14. The van der Waals surface area contributed by atoms with E-state index in [0.717, 1.165) is 11.4 Å². The molecule has 134 valence electrons. The molecule has 2 aliphatic rings. The number of fused-ring (bicyclic) bond motifs is 1. The van der Waals surface area contributed by atoms with Crippen LogP contribution in [-0.2, 0) is 21.2 Å². The van der Waals surface area contributed by atoms with Crippen molar-refractivity contribution in [2.75, 3.05) is 24.6 Å². The van der Waals surface area contributed by atoms with Gasteiger partial charge in [0.05, 0.1) is 29.6 Å². The number of amides is 1. The van der Waals surface area contributed by atoms with Crippen LogP contribution in [0.25, 0.3) is 0 Å². The lowest BCUT2D eigenvalue weighted by atomic mass is 10.0. The number of hydrogen-bond donors (Lipinski definition) is 1. The predicted octanol–water partition coefficient (Wildman–Crippen LogP) is 0.574. The Bertz CT molecular complexity index is 713. The van der Waals surface area contributed by atoms with Crippen LogP contribution in [-0.4, -0.2) is 70.8 Å². The van der Waals surface area contributed by atoms with Gasteiger partial charge in [-0.25, -0.2) is 13.4 Å². The largest absolute Gasteiger partial charge is 0.348 e. The van der Waals surface area contributed by atoms with Crippen LogP contribution >= 0.6 is 0 Å². The average Bonchev–Trinajstić information content (AvgIpc) is 3.00. The van der Waals surface area contributed by atoms with Crippen LogP contribution in [0.4, 0.5) is 0 Å². The maximum Gasteiger partial charge on any atom is 0.223 e. The SMILES string of the molecule is Cc1[nH]cnc1CN1CCN(C(=O)CC(C)C)[C@@H]2CS(=O)(=O)C[C@@H]21. The lowest BCUT2D eigenvalue weighted by Crippen LogP contribution is -2.60. The van der Waals surface area contributed by atoms with E-state index >= 15 is 0 Å². The lowest BCUT2D eigenvalue weighted by molar-refractivity contribution is -0.137. The number of H-pyrrole nitrogens is 1. The number of hydrogen-bond acceptors (Lipinski definition) is 5. The molecule has 0 aliphatic carbocycles. The smallest absolute Gasteiger partial charge is 0.223 e. The number of rotatable bonds is 4. The Kier molecular flexibility index (Phi) is 4.70. The summed E-state index contributed by atoms with van der Waals surface area (Å²) in [4.78, 5) is 23.9. The van der Waals surface area contributed by atoms with E-state index in [0.29, 0.717) is 26.1 Å². The van der Waals surface area contributed by atoms with Crippen molar-refractivity contribution in [1.82, 2.24) is 19.8 Å². The summed E-state index contributed by atoms with van der Waals surface area (Å²) in [6, 6.07) is -0.356. The molecule has 0 bridgehead atoms. The number of aryl methyl sites for hydroxylation is 1. The van der Waals surface area contributed by atoms with E-state index < -0.39 is 9.84 Å². The van der Waals surface area contributed by atoms with Crippen molar-refractivity contribution in [2.24, 2.45) is 5.92 Å². The molecular formula is C16H26N4O3S. The molecule has 0 aromatic carbocycles. The van der Waals surface area contributed by atoms with Gasteiger partial charge in [0.1, 0.15) is 0 Å². The first kappa shape index (κ1) is 17.4. The van der Waals surface area contributed by atoms with Crippen LogP contribution < -0.4 is 0 Å². The Morgan fingerprint density at radius 2 is 2.04 bits per heavy atom. The van der Waals surface area contributed by atoms with Gasteiger partial charge in [0.2, 0.25) is 5.91 Å². The van der Waals surface area contributed by atoms with Gasteiger partial charge in [0, 0.05) is 37.8 Å². The van der Waals surface area contributed by atoms with E-state index in [-0.39, 0.29) is 35.4 Å². The minimum absolute atomic E-state index is 0.0766. The Morgan fingerprint density at radius 3 is 2.67 bits per heavy atom. The average molecular weight is 354 g/mol. The van der Waals surface area contributed by atoms with Crippen molar-refractivity contribution in [2.45, 2.75) is 45.8 Å². The number of sulfone groups is 1. The van der Waals surface area contributed by atoms with Gasteiger partial charge in [-0.1, -0.05) is 13.8 Å². The third-order valence-corrected chi connectivity index (χ3v) is 6.68. The number of aromatic nitrogens is 2. The van der Waals surface area contributed by atoms with Crippen molar-refractivity contribution in [3.05, 3.63) is 17.7 Å². The fourth-order valence-corrected chi connectivity index (χ4v) is 5.75. The number of nitrogens with one attached hydrogen (secondary N) is 1. The first-order valence-electron chi connectivity index (χ1n) is 8.49. The van der Waals surface area contributed by atoms with Gasteiger partial charge in [0.25, 0.3) is 0 Å². The standard InChI is InChI=1S/C16H26N4O3S/c1-11(2)6-16(21)20-5-4-19(7-13-12(3)17-10-18-13)14-8-24(22,23)9-15(14)20/h10-11,14-15H,4-9H2,1-3H3,(H,17,18)/t14-,15+/m0/s1. The molecule has 2 atom stereocenters. The molecule has 0 saturated carbocycles. The van der Waals surface area contributed by atoms with E-state index in [1.807, 2.05) is 25.7 Å². The molecule has 2 aliphatic heterocycles. The zero-order chi connectivity index (χ0) is 17.5. The molecule has 8 heteroatoms. The van der Waals surface area contributed by atoms with Crippen LogP contribution in [0.1, 0.15) is 31.7 Å². The maximum atomic E-state index is 12.5. The number of aromatic amines is 1. The Balaban J connectivity index is 1.80. The fourth-order valence-electron chi connectivity index (χ4n) is 3.74. The van der Waals surface area contributed by atoms with Crippen LogP contribution in [0.3, 0.4) is 0 Å². The van der Waals surface area contributed by atoms with E-state index in [1.165, 1.54) is 0 Å². The van der Waals surface area contributed by atoms with Crippen molar-refractivity contribution >= 4 is 15.7 Å². The maximum absolute atomic E-state index is 12.5. The molecule has 0 unspecified atom stereocenters. The van der Waals surface area contributed by atoms with Gasteiger partial charge in [-0.05, 0) is 12.8 Å². The van der Waals surface area contributed by atoms with Crippen molar-refractivity contribution in [1.29, 1.82) is 0 Å². The second-order valence-corrected chi connectivity index (χ2v) is 9.50. The monoisotopic (exact) mass is 354 g/mol. The minimum Gasteiger partial charge on any atom is -0.348 e. The summed E-state index contributed by atoms with van der Waals surface area (Å²) in [7, 11) is -3.11. The number of imidazole rings is 1. The Morgan fingerprint density at radius 1 is 1.33 bits per heavy atom. The van der Waals surface area contributed by atoms with E-state index in [1.54, 1.807) is 6.33 Å². The molecule has 0 spiro atoms. The molecule has 1 amide bonds. The highest BCUT2D eigenvalue weighted by atomic mass is 32.2. The molecular weight excluding hydrogens is 328 g/mol. The summed E-state index contributed by atoms with van der Waals surface area (Å²) < 4.78 is 24.4. The molecule has 0 radical (unpaired) electrons. The molecule has 2 saturated heterocycles. The number of piperazine rings is 1. The van der Waals surface area contributed by atoms with Gasteiger partial charge in [-0.3, -0.25) is 9.69 Å². The second kappa shape index (κ2) is 6.48. The van der Waals surface area contributed by atoms with Crippen molar-refractivity contribution in [3.8, 4) is 0 Å². The summed E-state index contributed by atoms with van der Waals surface area (Å²) >= 11 is 0. The van der Waals surface area contributed by atoms with Gasteiger partial charge in [0.15, 0.2) is 9.84 Å². The molecule has 1 N–H and O–H groups in total. The molecule has 2 fully saturated rings. The van der Waals surface area contributed by atoms with Crippen molar-refractivity contribution in [3.63, 3.8) is 0 Å². The normalized spacial score (nSPS) is 26.8. The van der Waals surface area contributed by atoms with Crippen LogP contribution in [0.5, 0.6) is 0 Å². The zero-order valence-electron chi connectivity index (χ0n) is 14.5. The number of carbonyl (C=O) groups excluding carboxylic acids is 1. The summed E-state index contributed by atoms with van der Waals surface area (Å²) in [6.45, 7) is 7.89. The first-order chi connectivity index (χ1) is 11.3. The van der Waals surface area contributed by atoms with Crippen LogP contribution in [0.15, 0.2) is 6.33 Å². The molecule has 3 heterocycles. The molecule has 7 nitrogen and oxygen atoms in total. The number of nitrogens with zero attached hydrogens (tertiary/aromatic N) is 3. The van der Waals surface area contributed by atoms with E-state index in [9.17, 15) is 13.2 Å². The summed E-state index contributed by atoms with van der Waals surface area (Å²) in [5.74, 6) is 0.566. The summed E-state index contributed by atoms with van der Waals surface area (Å²) in [5, 5.41) is 0. The highest BCUT2D eigenvalue weighted by molar-refractivity contribution is 7.91. The van der Waals surface area contributed by atoms with Gasteiger partial charge in [-0.15, -0.1) is 0 Å². The summed E-state index contributed by atoms with van der Waals surface area (Å²) in [5.41, 5.74) is 1.95. The Labute approximate surface area is 143 Å². The molecule has 1 aromatic rings. The third kappa shape index (κ3) is 3.49. The third-order valence-electron chi connectivity index (χ3n) is 4.98. The van der Waals surface area contributed by atoms with Gasteiger partial charge < -0.3 is 9.88 Å². The lowest BCUT2D eigenvalue weighted by Gasteiger charge is -2.44. The molecule has 1 aromatic heterocycles. The van der Waals surface area contributed by atoms with Gasteiger partial charge >= 0.3 is 0 Å². The fraction of sp³-hybridized carbons (Fsp3) is 0.750. The van der Waals surface area contributed by atoms with Crippen molar-refractivity contribution < 1.29 is 13.2 Å². The zero-order valence-corrected chi connectivity index (χ0v) is 15.3. The minimum atomic E-state index is -3.11. The molecule has 24 heavy (non-hydrogen) atoms. The highest BCUT2D eigenvalue weighted by Crippen LogP contribution is 2.29. The van der Waals surface area contributed by atoms with Gasteiger partial charge in [-0.2, -0.15) is 0 Å². The van der Waals surface area contributed by atoms with Crippen LogP contribution in [0, 0.1) is 12.8 Å². The quantitative estimate of drug-likeness (QED) is 0.854. The highest BCUT2D eigenvalue weighted by Gasteiger charge is 2.47. The predicted molar refractivity (Wildman–Crippen MR) is 91.1 cm³/mol. The van der Waals surface area contributed by atoms with Crippen LogP contribution in [0.2, 0.25) is 0 Å². The first-order valence-corrected chi connectivity index (χ1v) is 10.3. The Hall–Kier alpha value is -1.41. The topological polar surface area (TPSA) is 86.4 Å². The van der Waals surface area contributed by atoms with E-state index in [2.05, 4.69) is 14.9 Å². The number of carbonyl (C=O) groups is 1. The second-order valence-electron chi connectivity index (χ2n) is 7.34. The van der Waals surface area contributed by atoms with E-state index in [4.69, 9.17) is 0 Å². The molecule has 3 rings (SSSR count).